The average molecular weight is 548 g/mol. The predicted molar refractivity (Wildman–Crippen MR) is 133 cm³/mol. The Morgan fingerprint density at radius 2 is 1.84 bits per heavy atom. The maximum atomic E-state index is 13.6. The second-order valence-electron chi connectivity index (χ2n) is 7.64. The summed E-state index contributed by atoms with van der Waals surface area (Å²) in [4.78, 5) is 17.5. The van der Waals surface area contributed by atoms with Crippen LogP contribution in [-0.4, -0.2) is 29.0 Å². The zero-order valence-corrected chi connectivity index (χ0v) is 20.3. The van der Waals surface area contributed by atoms with Crippen LogP contribution in [0.5, 0.6) is 0 Å². The second-order valence-corrected chi connectivity index (χ2v) is 9.40. The lowest BCUT2D eigenvalue weighted by Crippen LogP contribution is -2.19. The molecule has 0 saturated heterocycles. The zero-order valence-electron chi connectivity index (χ0n) is 18.7. The van der Waals surface area contributed by atoms with Crippen LogP contribution in [0.4, 0.5) is 42.1 Å². The number of primary amides is 1. The van der Waals surface area contributed by atoms with E-state index in [9.17, 15) is 26.5 Å². The van der Waals surface area contributed by atoms with Crippen LogP contribution >= 0.6 is 11.6 Å². The number of hydrogen-bond donors (Lipinski definition) is 4. The first-order valence-corrected chi connectivity index (χ1v) is 12.0. The smallest absolute Gasteiger partial charge is 0.316 e. The number of amides is 2. The number of benzene rings is 3. The SMILES string of the molecule is Cc1cc(S(=O)(=O)O)c2cc(N=Nc3ccc(Nc4nc(F)nc(F)c4Cl)cc3NC(N)=O)ccc2c1. The Morgan fingerprint density at radius 1 is 1.08 bits per heavy atom. The Labute approximate surface area is 213 Å². The number of aryl methyl sites for hydroxylation is 1. The number of hydrogen-bond acceptors (Lipinski definition) is 8. The van der Waals surface area contributed by atoms with Gasteiger partial charge in [0.15, 0.2) is 5.82 Å². The Bertz CT molecular complexity index is 1700. The maximum Gasteiger partial charge on any atom is 0.316 e. The fraction of sp³-hybridized carbons (Fsp3) is 0.0455. The van der Waals surface area contributed by atoms with Crippen molar-refractivity contribution in [3.05, 3.63) is 71.1 Å². The molecule has 37 heavy (non-hydrogen) atoms. The van der Waals surface area contributed by atoms with Gasteiger partial charge in [-0.1, -0.05) is 23.7 Å². The monoisotopic (exact) mass is 547 g/mol. The molecule has 0 aliphatic rings. The minimum atomic E-state index is -4.50. The van der Waals surface area contributed by atoms with E-state index in [2.05, 4.69) is 30.8 Å². The number of carbonyl (C=O) groups is 1. The second kappa shape index (κ2) is 10.0. The Kier molecular flexibility index (Phi) is 6.98. The van der Waals surface area contributed by atoms with E-state index in [1.807, 2.05) is 0 Å². The molecule has 0 aliphatic heterocycles. The number of aromatic nitrogens is 2. The van der Waals surface area contributed by atoms with Crippen LogP contribution in [0.3, 0.4) is 0 Å². The molecule has 0 bridgehead atoms. The number of nitrogens with one attached hydrogen (secondary N) is 2. The van der Waals surface area contributed by atoms with Crippen LogP contribution < -0.4 is 16.4 Å². The highest BCUT2D eigenvalue weighted by atomic mass is 35.5. The minimum Gasteiger partial charge on any atom is -0.351 e. The third-order valence-corrected chi connectivity index (χ3v) is 6.12. The molecule has 0 atom stereocenters. The summed E-state index contributed by atoms with van der Waals surface area (Å²) in [7, 11) is -4.50. The standard InChI is InChI=1S/C22H16ClF2N7O4S/c1-10-6-11-2-3-13(8-14(11)17(7-10)37(34,35)36)31-32-15-5-4-12(9-16(15)28-22(26)33)27-20-18(23)19(24)29-21(25)30-20/h2-9H,1H3,(H3,26,28,33)(H,27,29,30)(H,34,35,36). The fourth-order valence-corrected chi connectivity index (χ4v) is 4.31. The van der Waals surface area contributed by atoms with Gasteiger partial charge in [0.25, 0.3) is 10.1 Å². The molecule has 1 heterocycles. The molecule has 2 amide bonds. The molecular formula is C22H16ClF2N7O4S. The average Bonchev–Trinajstić information content (AvgIpc) is 2.80. The van der Waals surface area contributed by atoms with E-state index in [4.69, 9.17) is 17.3 Å². The van der Waals surface area contributed by atoms with Gasteiger partial charge in [0.2, 0.25) is 5.95 Å². The molecular weight excluding hydrogens is 532 g/mol. The molecule has 15 heteroatoms. The first kappa shape index (κ1) is 25.8. The first-order chi connectivity index (χ1) is 17.4. The van der Waals surface area contributed by atoms with Gasteiger partial charge in [-0.25, -0.2) is 4.79 Å². The fourth-order valence-electron chi connectivity index (χ4n) is 3.39. The van der Waals surface area contributed by atoms with Crippen molar-refractivity contribution in [2.45, 2.75) is 11.8 Å². The number of fused-ring (bicyclic) bond motifs is 1. The van der Waals surface area contributed by atoms with Crippen LogP contribution in [0.2, 0.25) is 5.02 Å². The van der Waals surface area contributed by atoms with Crippen LogP contribution in [0.1, 0.15) is 5.56 Å². The van der Waals surface area contributed by atoms with Gasteiger partial charge < -0.3 is 16.4 Å². The van der Waals surface area contributed by atoms with E-state index >= 15 is 0 Å². The summed E-state index contributed by atoms with van der Waals surface area (Å²) in [5.41, 5.74) is 6.53. The van der Waals surface area contributed by atoms with Crippen LogP contribution in [0.15, 0.2) is 63.7 Å². The third-order valence-electron chi connectivity index (χ3n) is 4.90. The Balaban J connectivity index is 1.71. The summed E-state index contributed by atoms with van der Waals surface area (Å²) in [5.74, 6) is -1.62. The van der Waals surface area contributed by atoms with E-state index in [1.54, 1.807) is 25.1 Å². The van der Waals surface area contributed by atoms with Gasteiger partial charge in [-0.05, 0) is 54.3 Å². The number of azo groups is 1. The topological polar surface area (TPSA) is 172 Å². The molecule has 11 nitrogen and oxygen atoms in total. The number of carbonyl (C=O) groups excluding carboxylic acids is 1. The molecule has 5 N–H and O–H groups in total. The quantitative estimate of drug-likeness (QED) is 0.103. The van der Waals surface area contributed by atoms with Gasteiger partial charge in [0, 0.05) is 11.1 Å². The number of rotatable bonds is 6. The first-order valence-electron chi connectivity index (χ1n) is 10.2. The Hall–Kier alpha value is -4.27. The number of urea groups is 1. The summed E-state index contributed by atoms with van der Waals surface area (Å²) in [5, 5.41) is 13.4. The third kappa shape index (κ3) is 5.94. The number of nitrogens with two attached hydrogens (primary N) is 1. The van der Waals surface area contributed by atoms with Crippen molar-refractivity contribution >= 4 is 67.1 Å². The van der Waals surface area contributed by atoms with E-state index in [-0.39, 0.29) is 38.8 Å². The molecule has 4 aromatic rings. The van der Waals surface area contributed by atoms with Gasteiger partial charge in [0.1, 0.15) is 15.6 Å². The van der Waals surface area contributed by atoms with Crippen molar-refractivity contribution < 1.29 is 26.5 Å². The van der Waals surface area contributed by atoms with Crippen LogP contribution in [0, 0.1) is 18.9 Å². The van der Waals surface area contributed by atoms with Crippen LogP contribution in [-0.2, 0) is 10.1 Å². The molecule has 0 radical (unpaired) electrons. The zero-order chi connectivity index (χ0) is 26.9. The van der Waals surface area contributed by atoms with Crippen molar-refractivity contribution in [1.82, 2.24) is 9.97 Å². The van der Waals surface area contributed by atoms with Crippen molar-refractivity contribution in [1.29, 1.82) is 0 Å². The van der Waals surface area contributed by atoms with Gasteiger partial charge in [-0.2, -0.15) is 32.3 Å². The summed E-state index contributed by atoms with van der Waals surface area (Å²) in [6.07, 6.45) is -1.34. The highest BCUT2D eigenvalue weighted by molar-refractivity contribution is 7.86. The van der Waals surface area contributed by atoms with Gasteiger partial charge in [-0.3, -0.25) is 4.55 Å². The van der Waals surface area contributed by atoms with Crippen molar-refractivity contribution in [2.24, 2.45) is 16.0 Å². The van der Waals surface area contributed by atoms with Crippen molar-refractivity contribution in [2.75, 3.05) is 10.6 Å². The largest absolute Gasteiger partial charge is 0.351 e. The highest BCUT2D eigenvalue weighted by Crippen LogP contribution is 2.34. The lowest BCUT2D eigenvalue weighted by molar-refractivity contribution is 0.259. The number of nitrogens with zero attached hydrogens (tertiary/aromatic N) is 4. The van der Waals surface area contributed by atoms with E-state index < -0.39 is 33.2 Å². The molecule has 4 rings (SSSR count). The van der Waals surface area contributed by atoms with Gasteiger partial charge in [-0.15, -0.1) is 5.11 Å². The van der Waals surface area contributed by atoms with Gasteiger partial charge in [0.05, 0.1) is 11.4 Å². The van der Waals surface area contributed by atoms with Crippen molar-refractivity contribution in [3.63, 3.8) is 0 Å². The van der Waals surface area contributed by atoms with E-state index in [0.717, 1.165) is 0 Å². The number of halogens is 3. The van der Waals surface area contributed by atoms with Gasteiger partial charge >= 0.3 is 12.1 Å². The molecule has 0 spiro atoms. The lowest BCUT2D eigenvalue weighted by Gasteiger charge is -2.11. The van der Waals surface area contributed by atoms with Crippen molar-refractivity contribution in [3.8, 4) is 0 Å². The van der Waals surface area contributed by atoms with E-state index in [0.29, 0.717) is 10.9 Å². The van der Waals surface area contributed by atoms with E-state index in [1.165, 1.54) is 30.3 Å². The van der Waals surface area contributed by atoms with Crippen LogP contribution in [0.25, 0.3) is 10.8 Å². The molecule has 0 unspecified atom stereocenters. The summed E-state index contributed by atoms with van der Waals surface area (Å²) in [6, 6.07) is 11.0. The summed E-state index contributed by atoms with van der Waals surface area (Å²) in [6.45, 7) is 1.69. The highest BCUT2D eigenvalue weighted by Gasteiger charge is 2.16. The molecule has 0 aliphatic carbocycles. The lowest BCUT2D eigenvalue weighted by atomic mass is 10.1. The molecule has 0 fully saturated rings. The Morgan fingerprint density at radius 3 is 2.54 bits per heavy atom. The minimum absolute atomic E-state index is 0.0717. The normalized spacial score (nSPS) is 11.7. The molecule has 190 valence electrons. The molecule has 0 saturated carbocycles. The predicted octanol–water partition coefficient (Wildman–Crippen LogP) is 5.77. The number of anilines is 3. The molecule has 1 aromatic heterocycles. The molecule has 3 aromatic carbocycles. The summed E-state index contributed by atoms with van der Waals surface area (Å²) >= 11 is 5.77. The summed E-state index contributed by atoms with van der Waals surface area (Å²) < 4.78 is 60.3. The maximum absolute atomic E-state index is 13.6.